The molecule has 0 amide bonds. The third kappa shape index (κ3) is 2.60. The molecule has 102 valence electrons. The Morgan fingerprint density at radius 2 is 1.50 bits per heavy atom. The number of hydrogen-bond donors (Lipinski definition) is 2. The molecule has 18 heavy (non-hydrogen) atoms. The van der Waals surface area contributed by atoms with Crippen molar-refractivity contribution < 1.29 is 0 Å². The molecule has 2 nitrogen and oxygen atoms in total. The van der Waals surface area contributed by atoms with Crippen LogP contribution < -0.4 is 10.6 Å². The van der Waals surface area contributed by atoms with Gasteiger partial charge in [0.2, 0.25) is 0 Å². The third-order valence-corrected chi connectivity index (χ3v) is 5.76. The Kier molecular flexibility index (Phi) is 3.12. The largest absolute Gasteiger partial charge is 0.313 e. The third-order valence-electron chi connectivity index (χ3n) is 5.76. The zero-order valence-corrected chi connectivity index (χ0v) is 11.5. The molecule has 2 unspecified atom stereocenters. The highest BCUT2D eigenvalue weighted by Crippen LogP contribution is 2.44. The van der Waals surface area contributed by atoms with Crippen LogP contribution in [0.4, 0.5) is 0 Å². The summed E-state index contributed by atoms with van der Waals surface area (Å²) in [5, 5.41) is 7.68. The molecule has 2 saturated carbocycles. The summed E-state index contributed by atoms with van der Waals surface area (Å²) in [6, 6.07) is 2.65. The predicted molar refractivity (Wildman–Crippen MR) is 74.5 cm³/mol. The van der Waals surface area contributed by atoms with Gasteiger partial charge in [0.25, 0.3) is 0 Å². The molecule has 0 aromatic heterocycles. The van der Waals surface area contributed by atoms with Crippen LogP contribution in [0.3, 0.4) is 0 Å². The van der Waals surface area contributed by atoms with Crippen molar-refractivity contribution in [2.75, 3.05) is 6.54 Å². The Bertz CT molecular complexity index is 271. The molecule has 0 spiro atoms. The molecule has 0 radical (unpaired) electrons. The molecule has 4 rings (SSSR count). The molecular weight excluding hydrogens is 220 g/mol. The van der Waals surface area contributed by atoms with Crippen molar-refractivity contribution in [3.05, 3.63) is 0 Å². The Balaban J connectivity index is 1.21. The molecule has 2 aliphatic heterocycles. The normalized spacial score (nSPS) is 39.5. The van der Waals surface area contributed by atoms with Crippen molar-refractivity contribution in [3.8, 4) is 0 Å². The molecule has 4 aliphatic rings. The summed E-state index contributed by atoms with van der Waals surface area (Å²) in [7, 11) is 0. The molecule has 2 bridgehead atoms. The number of rotatable bonds is 6. The molecule has 2 saturated heterocycles. The van der Waals surface area contributed by atoms with E-state index in [-0.39, 0.29) is 0 Å². The summed E-state index contributed by atoms with van der Waals surface area (Å²) in [5.74, 6) is 3.12. The van der Waals surface area contributed by atoms with Gasteiger partial charge in [0.05, 0.1) is 0 Å². The first-order valence-electron chi connectivity index (χ1n) is 8.38. The van der Waals surface area contributed by atoms with E-state index in [0.717, 1.165) is 35.9 Å². The monoisotopic (exact) mass is 248 g/mol. The Morgan fingerprint density at radius 1 is 0.889 bits per heavy atom. The van der Waals surface area contributed by atoms with Gasteiger partial charge in [-0.15, -0.1) is 0 Å². The molecule has 0 aromatic rings. The first-order valence-corrected chi connectivity index (χ1v) is 8.38. The van der Waals surface area contributed by atoms with Gasteiger partial charge in [-0.25, -0.2) is 0 Å². The number of piperidine rings is 1. The fourth-order valence-corrected chi connectivity index (χ4v) is 4.49. The molecule has 2 aliphatic carbocycles. The average molecular weight is 248 g/mol. The summed E-state index contributed by atoms with van der Waals surface area (Å²) >= 11 is 0. The van der Waals surface area contributed by atoms with E-state index in [4.69, 9.17) is 0 Å². The van der Waals surface area contributed by atoms with E-state index in [9.17, 15) is 0 Å². The van der Waals surface area contributed by atoms with E-state index in [1.54, 1.807) is 0 Å². The second-order valence-electron chi connectivity index (χ2n) is 7.42. The lowest BCUT2D eigenvalue weighted by molar-refractivity contribution is 0.275. The van der Waals surface area contributed by atoms with Gasteiger partial charge >= 0.3 is 0 Å². The van der Waals surface area contributed by atoms with Crippen molar-refractivity contribution in [3.63, 3.8) is 0 Å². The van der Waals surface area contributed by atoms with Gasteiger partial charge in [0, 0.05) is 18.1 Å². The summed E-state index contributed by atoms with van der Waals surface area (Å²) in [6.07, 6.45) is 13.3. The van der Waals surface area contributed by atoms with Gasteiger partial charge < -0.3 is 10.6 Å². The maximum Gasteiger partial charge on any atom is 0.0124 e. The first kappa shape index (κ1) is 11.7. The van der Waals surface area contributed by atoms with Crippen LogP contribution in [-0.2, 0) is 0 Å². The van der Waals surface area contributed by atoms with Gasteiger partial charge in [0.1, 0.15) is 0 Å². The number of fused-ring (bicyclic) bond motifs is 2. The Labute approximate surface area is 111 Å². The molecule has 2 N–H and O–H groups in total. The van der Waals surface area contributed by atoms with E-state index in [1.807, 2.05) is 0 Å². The second-order valence-corrected chi connectivity index (χ2v) is 7.42. The average Bonchev–Trinajstić information content (AvgIpc) is 3.25. The van der Waals surface area contributed by atoms with E-state index in [2.05, 4.69) is 10.6 Å². The van der Waals surface area contributed by atoms with Crippen LogP contribution >= 0.6 is 0 Å². The minimum absolute atomic E-state index is 0.872. The van der Waals surface area contributed by atoms with Crippen LogP contribution in [0, 0.1) is 17.8 Å². The van der Waals surface area contributed by atoms with Crippen LogP contribution in [0.25, 0.3) is 0 Å². The van der Waals surface area contributed by atoms with Gasteiger partial charge in [-0.2, -0.15) is 0 Å². The minimum Gasteiger partial charge on any atom is -0.313 e. The minimum atomic E-state index is 0.872. The van der Waals surface area contributed by atoms with Crippen LogP contribution in [0.2, 0.25) is 0 Å². The lowest BCUT2D eigenvalue weighted by atomic mass is 9.89. The lowest BCUT2D eigenvalue weighted by Gasteiger charge is -2.29. The number of hydrogen-bond acceptors (Lipinski definition) is 2. The van der Waals surface area contributed by atoms with Crippen molar-refractivity contribution in [2.45, 2.75) is 75.9 Å². The smallest absolute Gasteiger partial charge is 0.0124 e. The lowest BCUT2D eigenvalue weighted by Crippen LogP contribution is -2.40. The fraction of sp³-hybridized carbons (Fsp3) is 1.00. The van der Waals surface area contributed by atoms with E-state index in [1.165, 1.54) is 64.3 Å². The Hall–Kier alpha value is -0.0800. The zero-order chi connectivity index (χ0) is 11.9. The summed E-state index contributed by atoms with van der Waals surface area (Å²) in [5.41, 5.74) is 0. The molecule has 2 heterocycles. The van der Waals surface area contributed by atoms with Gasteiger partial charge in [-0.1, -0.05) is 0 Å². The standard InChI is InChI=1S/C16H28N2/c1-2-12(1)16(13-3-4-13)17-8-7-11-9-14-5-6-15(10-11)18-14/h11-18H,1-10H2. The summed E-state index contributed by atoms with van der Waals surface area (Å²) in [6.45, 7) is 1.29. The molecule has 2 atom stereocenters. The van der Waals surface area contributed by atoms with E-state index >= 15 is 0 Å². The van der Waals surface area contributed by atoms with Crippen LogP contribution in [0.1, 0.15) is 57.8 Å². The maximum atomic E-state index is 3.92. The van der Waals surface area contributed by atoms with Crippen molar-refractivity contribution in [1.29, 1.82) is 0 Å². The van der Waals surface area contributed by atoms with Crippen LogP contribution in [-0.4, -0.2) is 24.7 Å². The van der Waals surface area contributed by atoms with Crippen LogP contribution in [0.15, 0.2) is 0 Å². The first-order chi connectivity index (χ1) is 8.88. The molecule has 4 fully saturated rings. The summed E-state index contributed by atoms with van der Waals surface area (Å²) < 4.78 is 0. The Morgan fingerprint density at radius 3 is 2.06 bits per heavy atom. The highest BCUT2D eigenvalue weighted by Gasteiger charge is 2.41. The SMILES string of the molecule is C(CC1CC2CCC(C1)N2)NC(C1CC1)C1CC1. The highest BCUT2D eigenvalue weighted by atomic mass is 15.0. The van der Waals surface area contributed by atoms with E-state index in [0.29, 0.717) is 0 Å². The quantitative estimate of drug-likeness (QED) is 0.755. The highest BCUT2D eigenvalue weighted by molar-refractivity contribution is 4.97. The van der Waals surface area contributed by atoms with Crippen molar-refractivity contribution in [2.24, 2.45) is 17.8 Å². The topological polar surface area (TPSA) is 24.1 Å². The summed E-state index contributed by atoms with van der Waals surface area (Å²) in [4.78, 5) is 0. The maximum absolute atomic E-state index is 3.92. The van der Waals surface area contributed by atoms with Crippen LogP contribution in [0.5, 0.6) is 0 Å². The molecule has 0 aromatic carbocycles. The second kappa shape index (κ2) is 4.79. The predicted octanol–water partition coefficient (Wildman–Crippen LogP) is 2.69. The zero-order valence-electron chi connectivity index (χ0n) is 11.5. The van der Waals surface area contributed by atoms with Crippen molar-refractivity contribution >= 4 is 0 Å². The van der Waals surface area contributed by atoms with Gasteiger partial charge in [-0.3, -0.25) is 0 Å². The number of nitrogens with one attached hydrogen (secondary N) is 2. The fourth-order valence-electron chi connectivity index (χ4n) is 4.49. The van der Waals surface area contributed by atoms with Gasteiger partial charge in [-0.05, 0) is 82.1 Å². The van der Waals surface area contributed by atoms with E-state index < -0.39 is 0 Å². The van der Waals surface area contributed by atoms with Gasteiger partial charge in [0.15, 0.2) is 0 Å². The van der Waals surface area contributed by atoms with Crippen molar-refractivity contribution in [1.82, 2.24) is 10.6 Å². The molecule has 2 heteroatoms. The molecular formula is C16H28N2.